The molecule has 1 aliphatic rings. The maximum atomic E-state index is 8.91. The van der Waals surface area contributed by atoms with Gasteiger partial charge in [-0.3, -0.25) is 0 Å². The Bertz CT molecular complexity index is 163. The Kier molecular flexibility index (Phi) is 4.35. The van der Waals surface area contributed by atoms with Crippen molar-refractivity contribution in [2.24, 2.45) is 23.5 Å². The summed E-state index contributed by atoms with van der Waals surface area (Å²) in [6.45, 7) is 4.53. The van der Waals surface area contributed by atoms with Crippen molar-refractivity contribution in [2.45, 2.75) is 51.9 Å². The standard InChI is InChI=1S/C11H23NO2/c1-7-3-8(2)5-9(4-7)6-10(12)11(13)14/h7-11,13-14H,3-6,12H2,1-2H3/t7?,8?,9?,10-/m1/s1. The van der Waals surface area contributed by atoms with Crippen molar-refractivity contribution in [1.29, 1.82) is 0 Å². The van der Waals surface area contributed by atoms with Crippen molar-refractivity contribution in [3.8, 4) is 0 Å². The average molecular weight is 201 g/mol. The van der Waals surface area contributed by atoms with Crippen LogP contribution in [-0.4, -0.2) is 22.5 Å². The lowest BCUT2D eigenvalue weighted by Gasteiger charge is -2.33. The number of aliphatic hydroxyl groups excluding tert-OH is 1. The molecule has 0 heterocycles. The molecule has 0 saturated heterocycles. The minimum Gasteiger partial charge on any atom is -0.367 e. The first-order valence-corrected chi connectivity index (χ1v) is 5.60. The van der Waals surface area contributed by atoms with E-state index in [9.17, 15) is 0 Å². The summed E-state index contributed by atoms with van der Waals surface area (Å²) in [5.41, 5.74) is 5.64. The van der Waals surface area contributed by atoms with Crippen LogP contribution in [-0.2, 0) is 0 Å². The van der Waals surface area contributed by atoms with Gasteiger partial charge in [-0.2, -0.15) is 0 Å². The fraction of sp³-hybridized carbons (Fsp3) is 1.00. The van der Waals surface area contributed by atoms with E-state index < -0.39 is 12.3 Å². The fourth-order valence-corrected chi connectivity index (χ4v) is 2.81. The van der Waals surface area contributed by atoms with E-state index in [2.05, 4.69) is 13.8 Å². The van der Waals surface area contributed by atoms with E-state index in [1.807, 2.05) is 0 Å². The van der Waals surface area contributed by atoms with Gasteiger partial charge in [0.15, 0.2) is 6.29 Å². The topological polar surface area (TPSA) is 66.5 Å². The molecule has 0 aromatic carbocycles. The monoisotopic (exact) mass is 201 g/mol. The Morgan fingerprint density at radius 2 is 1.64 bits per heavy atom. The minimum atomic E-state index is -1.36. The van der Waals surface area contributed by atoms with Crippen LogP contribution in [0.1, 0.15) is 39.5 Å². The highest BCUT2D eigenvalue weighted by molar-refractivity contribution is 4.78. The van der Waals surface area contributed by atoms with Crippen LogP contribution in [0.3, 0.4) is 0 Å². The predicted molar refractivity (Wildman–Crippen MR) is 56.5 cm³/mol. The van der Waals surface area contributed by atoms with Gasteiger partial charge in [-0.05, 0) is 43.4 Å². The van der Waals surface area contributed by atoms with Crippen LogP contribution in [0.25, 0.3) is 0 Å². The van der Waals surface area contributed by atoms with Crippen LogP contribution in [0.5, 0.6) is 0 Å². The van der Waals surface area contributed by atoms with E-state index in [0.717, 1.165) is 18.3 Å². The van der Waals surface area contributed by atoms with Crippen LogP contribution in [0, 0.1) is 17.8 Å². The van der Waals surface area contributed by atoms with Gasteiger partial charge in [0.2, 0.25) is 0 Å². The molecule has 84 valence electrons. The number of nitrogens with two attached hydrogens (primary N) is 1. The number of aliphatic hydroxyl groups is 2. The smallest absolute Gasteiger partial charge is 0.166 e. The molecule has 1 saturated carbocycles. The summed E-state index contributed by atoms with van der Waals surface area (Å²) in [5, 5.41) is 17.8. The summed E-state index contributed by atoms with van der Waals surface area (Å²) < 4.78 is 0. The largest absolute Gasteiger partial charge is 0.367 e. The zero-order chi connectivity index (χ0) is 10.7. The molecule has 0 bridgehead atoms. The summed E-state index contributed by atoms with van der Waals surface area (Å²) in [6, 6.07) is -0.475. The van der Waals surface area contributed by atoms with Gasteiger partial charge >= 0.3 is 0 Å². The van der Waals surface area contributed by atoms with Crippen LogP contribution >= 0.6 is 0 Å². The Labute approximate surface area is 86.3 Å². The Hall–Kier alpha value is -0.120. The Balaban J connectivity index is 2.36. The molecule has 1 fully saturated rings. The van der Waals surface area contributed by atoms with Crippen LogP contribution in [0.4, 0.5) is 0 Å². The van der Waals surface area contributed by atoms with E-state index in [-0.39, 0.29) is 0 Å². The quantitative estimate of drug-likeness (QED) is 0.599. The number of hydrogen-bond acceptors (Lipinski definition) is 3. The summed E-state index contributed by atoms with van der Waals surface area (Å²) in [6.07, 6.45) is 3.05. The normalized spacial score (nSPS) is 36.0. The molecule has 0 aromatic rings. The molecule has 2 unspecified atom stereocenters. The van der Waals surface area contributed by atoms with Gasteiger partial charge in [0.1, 0.15) is 0 Å². The molecular weight excluding hydrogens is 178 g/mol. The highest BCUT2D eigenvalue weighted by Crippen LogP contribution is 2.35. The van der Waals surface area contributed by atoms with Gasteiger partial charge in [0, 0.05) is 0 Å². The maximum Gasteiger partial charge on any atom is 0.166 e. The van der Waals surface area contributed by atoms with Gasteiger partial charge in [0.25, 0.3) is 0 Å². The van der Waals surface area contributed by atoms with Gasteiger partial charge < -0.3 is 15.9 Å². The summed E-state index contributed by atoms with van der Waals surface area (Å²) in [7, 11) is 0. The van der Waals surface area contributed by atoms with Gasteiger partial charge in [-0.25, -0.2) is 0 Å². The van der Waals surface area contributed by atoms with E-state index >= 15 is 0 Å². The van der Waals surface area contributed by atoms with E-state index in [1.165, 1.54) is 19.3 Å². The van der Waals surface area contributed by atoms with Crippen molar-refractivity contribution in [3.05, 3.63) is 0 Å². The van der Waals surface area contributed by atoms with Crippen molar-refractivity contribution in [1.82, 2.24) is 0 Å². The molecule has 1 aliphatic carbocycles. The number of rotatable bonds is 3. The lowest BCUT2D eigenvalue weighted by atomic mass is 9.74. The molecule has 3 nitrogen and oxygen atoms in total. The van der Waals surface area contributed by atoms with Gasteiger partial charge in [0.05, 0.1) is 6.04 Å². The van der Waals surface area contributed by atoms with Crippen LogP contribution in [0.15, 0.2) is 0 Å². The van der Waals surface area contributed by atoms with Crippen molar-refractivity contribution in [2.75, 3.05) is 0 Å². The molecule has 3 atom stereocenters. The maximum absolute atomic E-state index is 8.91. The second kappa shape index (κ2) is 5.10. The zero-order valence-electron chi connectivity index (χ0n) is 9.19. The van der Waals surface area contributed by atoms with Crippen molar-refractivity contribution >= 4 is 0 Å². The predicted octanol–water partition coefficient (Wildman–Crippen LogP) is 1.09. The molecule has 1 rings (SSSR count). The molecule has 0 spiro atoms. The first-order chi connectivity index (χ1) is 6.49. The first-order valence-electron chi connectivity index (χ1n) is 5.60. The Morgan fingerprint density at radius 1 is 1.14 bits per heavy atom. The number of hydrogen-bond donors (Lipinski definition) is 3. The van der Waals surface area contributed by atoms with Crippen molar-refractivity contribution < 1.29 is 10.2 Å². The highest BCUT2D eigenvalue weighted by atomic mass is 16.5. The summed E-state index contributed by atoms with van der Waals surface area (Å²) >= 11 is 0. The molecule has 3 heteroatoms. The zero-order valence-corrected chi connectivity index (χ0v) is 9.19. The highest BCUT2D eigenvalue weighted by Gasteiger charge is 2.26. The lowest BCUT2D eigenvalue weighted by molar-refractivity contribution is -0.0644. The third-order valence-electron chi connectivity index (χ3n) is 3.26. The molecule has 4 N–H and O–H groups in total. The van der Waals surface area contributed by atoms with Crippen LogP contribution in [0.2, 0.25) is 0 Å². The van der Waals surface area contributed by atoms with E-state index in [1.54, 1.807) is 0 Å². The Morgan fingerprint density at radius 3 is 2.07 bits per heavy atom. The van der Waals surface area contributed by atoms with E-state index in [0.29, 0.717) is 5.92 Å². The molecule has 14 heavy (non-hydrogen) atoms. The van der Waals surface area contributed by atoms with Gasteiger partial charge in [-0.15, -0.1) is 0 Å². The molecule has 0 aliphatic heterocycles. The minimum absolute atomic E-state index is 0.475. The third kappa shape index (κ3) is 3.56. The fourth-order valence-electron chi connectivity index (χ4n) is 2.81. The van der Waals surface area contributed by atoms with Crippen LogP contribution < -0.4 is 5.73 Å². The molecule has 0 amide bonds. The molecular formula is C11H23NO2. The molecule has 0 radical (unpaired) electrons. The van der Waals surface area contributed by atoms with Crippen molar-refractivity contribution in [3.63, 3.8) is 0 Å². The summed E-state index contributed by atoms with van der Waals surface area (Å²) in [4.78, 5) is 0. The second-order valence-corrected chi connectivity index (χ2v) is 5.10. The molecule has 0 aromatic heterocycles. The van der Waals surface area contributed by atoms with E-state index in [4.69, 9.17) is 15.9 Å². The second-order valence-electron chi connectivity index (χ2n) is 5.10. The average Bonchev–Trinajstić information content (AvgIpc) is 2.01. The lowest BCUT2D eigenvalue weighted by Crippen LogP contribution is -2.37. The first kappa shape index (κ1) is 12.0. The summed E-state index contributed by atoms with van der Waals surface area (Å²) in [5.74, 6) is 2.09. The SMILES string of the molecule is CC1CC(C)CC(C[C@@H](N)C(O)O)C1. The van der Waals surface area contributed by atoms with Gasteiger partial charge in [-0.1, -0.05) is 13.8 Å². The third-order valence-corrected chi connectivity index (χ3v) is 3.26.